The number of sulfone groups is 1. The lowest BCUT2D eigenvalue weighted by Crippen LogP contribution is -2.51. The van der Waals surface area contributed by atoms with Crippen LogP contribution in [0.5, 0.6) is 0 Å². The van der Waals surface area contributed by atoms with E-state index in [-0.39, 0.29) is 23.2 Å². The molecule has 0 aromatic carbocycles. The molecular formula is C12H23NO4S. The fraction of sp³-hybridized carbons (Fsp3) is 0.917. The van der Waals surface area contributed by atoms with E-state index >= 15 is 0 Å². The van der Waals surface area contributed by atoms with Crippen molar-refractivity contribution in [1.82, 2.24) is 5.32 Å². The highest BCUT2D eigenvalue weighted by Crippen LogP contribution is 2.26. The molecule has 0 radical (unpaired) electrons. The molecule has 3 atom stereocenters. The fourth-order valence-corrected chi connectivity index (χ4v) is 3.93. The van der Waals surface area contributed by atoms with Gasteiger partial charge >= 0.3 is 5.97 Å². The van der Waals surface area contributed by atoms with E-state index in [1.165, 1.54) is 13.4 Å². The van der Waals surface area contributed by atoms with Crippen LogP contribution in [0.2, 0.25) is 0 Å². The molecule has 1 rings (SSSR count). The number of hydrogen-bond acceptors (Lipinski definition) is 5. The summed E-state index contributed by atoms with van der Waals surface area (Å²) in [7, 11) is -1.72. The quantitative estimate of drug-likeness (QED) is 0.750. The minimum Gasteiger partial charge on any atom is -0.468 e. The van der Waals surface area contributed by atoms with E-state index in [4.69, 9.17) is 4.74 Å². The first-order chi connectivity index (χ1) is 8.27. The van der Waals surface area contributed by atoms with Crippen molar-refractivity contribution in [2.45, 2.75) is 50.4 Å². The molecule has 0 heterocycles. The summed E-state index contributed by atoms with van der Waals surface area (Å²) in [4.78, 5) is 11.7. The van der Waals surface area contributed by atoms with Crippen LogP contribution in [-0.4, -0.2) is 45.1 Å². The standard InChI is InChI=1S/C12H23NO4S/c1-8(2)11(12(14)17-3)13-9-6-5-7-10(9)18(4,15)16/h8-11,13H,5-7H2,1-4H3. The highest BCUT2D eigenvalue weighted by atomic mass is 32.2. The van der Waals surface area contributed by atoms with Gasteiger partial charge in [0.15, 0.2) is 9.84 Å². The largest absolute Gasteiger partial charge is 0.468 e. The number of carbonyl (C=O) groups excluding carboxylic acids is 1. The number of esters is 1. The number of methoxy groups -OCH3 is 1. The fourth-order valence-electron chi connectivity index (χ4n) is 2.52. The van der Waals surface area contributed by atoms with Crippen molar-refractivity contribution in [3.8, 4) is 0 Å². The van der Waals surface area contributed by atoms with Gasteiger partial charge in [-0.15, -0.1) is 0 Å². The van der Waals surface area contributed by atoms with Crippen molar-refractivity contribution >= 4 is 15.8 Å². The molecule has 5 nitrogen and oxygen atoms in total. The van der Waals surface area contributed by atoms with Gasteiger partial charge in [0.05, 0.1) is 12.4 Å². The molecule has 0 spiro atoms. The topological polar surface area (TPSA) is 72.5 Å². The van der Waals surface area contributed by atoms with Crippen LogP contribution in [0.4, 0.5) is 0 Å². The van der Waals surface area contributed by atoms with Crippen molar-refractivity contribution in [3.63, 3.8) is 0 Å². The summed E-state index contributed by atoms with van der Waals surface area (Å²) < 4.78 is 28.1. The minimum absolute atomic E-state index is 0.0678. The molecule has 6 heteroatoms. The normalized spacial score (nSPS) is 26.3. The predicted molar refractivity (Wildman–Crippen MR) is 70.0 cm³/mol. The lowest BCUT2D eigenvalue weighted by molar-refractivity contribution is -0.144. The SMILES string of the molecule is COC(=O)C(NC1CCCC1S(C)(=O)=O)C(C)C. The Bertz CT molecular complexity index is 391. The van der Waals surface area contributed by atoms with E-state index in [1.54, 1.807) is 0 Å². The van der Waals surface area contributed by atoms with E-state index in [9.17, 15) is 13.2 Å². The first-order valence-electron chi connectivity index (χ1n) is 6.30. The third kappa shape index (κ3) is 3.68. The van der Waals surface area contributed by atoms with Crippen molar-refractivity contribution in [3.05, 3.63) is 0 Å². The van der Waals surface area contributed by atoms with Crippen LogP contribution in [0, 0.1) is 5.92 Å². The van der Waals surface area contributed by atoms with E-state index in [0.717, 1.165) is 12.8 Å². The van der Waals surface area contributed by atoms with Crippen molar-refractivity contribution in [2.24, 2.45) is 5.92 Å². The van der Waals surface area contributed by atoms with Gasteiger partial charge in [0.1, 0.15) is 6.04 Å². The van der Waals surface area contributed by atoms with Crippen LogP contribution in [0.1, 0.15) is 33.1 Å². The van der Waals surface area contributed by atoms with Gasteiger partial charge in [-0.25, -0.2) is 8.42 Å². The summed E-state index contributed by atoms with van der Waals surface area (Å²) in [6.45, 7) is 3.83. The Morgan fingerprint density at radius 2 is 1.94 bits per heavy atom. The Kier molecular flexibility index (Phi) is 5.16. The summed E-state index contributed by atoms with van der Waals surface area (Å²) in [5.74, 6) is -0.262. The smallest absolute Gasteiger partial charge is 0.323 e. The lowest BCUT2D eigenvalue weighted by atomic mass is 10.0. The maximum Gasteiger partial charge on any atom is 0.323 e. The summed E-state index contributed by atoms with van der Waals surface area (Å²) in [6, 6.07) is -0.589. The number of rotatable bonds is 5. The summed E-state index contributed by atoms with van der Waals surface area (Å²) in [6.07, 6.45) is 3.60. The lowest BCUT2D eigenvalue weighted by Gasteiger charge is -2.27. The summed E-state index contributed by atoms with van der Waals surface area (Å²) in [5.41, 5.74) is 0. The van der Waals surface area contributed by atoms with Crippen molar-refractivity contribution in [2.75, 3.05) is 13.4 Å². The number of ether oxygens (including phenoxy) is 1. The first kappa shape index (κ1) is 15.4. The highest BCUT2D eigenvalue weighted by Gasteiger charge is 2.37. The zero-order chi connectivity index (χ0) is 13.9. The monoisotopic (exact) mass is 277 g/mol. The molecule has 1 aliphatic rings. The van der Waals surface area contributed by atoms with Gasteiger partial charge in [-0.2, -0.15) is 0 Å². The molecule has 0 aromatic heterocycles. The van der Waals surface area contributed by atoms with Crippen molar-refractivity contribution in [1.29, 1.82) is 0 Å². The average Bonchev–Trinajstić information content (AvgIpc) is 2.72. The van der Waals surface area contributed by atoms with E-state index < -0.39 is 15.9 Å². The molecule has 1 fully saturated rings. The van der Waals surface area contributed by atoms with E-state index in [2.05, 4.69) is 5.32 Å². The number of hydrogen-bond donors (Lipinski definition) is 1. The maximum absolute atomic E-state index is 11.7. The molecule has 0 aromatic rings. The third-order valence-corrected chi connectivity index (χ3v) is 5.18. The predicted octanol–water partition coefficient (Wildman–Crippen LogP) is 0.739. The first-order valence-corrected chi connectivity index (χ1v) is 8.25. The van der Waals surface area contributed by atoms with Crippen LogP contribution in [-0.2, 0) is 19.4 Å². The zero-order valence-corrected chi connectivity index (χ0v) is 12.3. The minimum atomic E-state index is -3.07. The van der Waals surface area contributed by atoms with E-state index in [0.29, 0.717) is 6.42 Å². The molecule has 18 heavy (non-hydrogen) atoms. The van der Waals surface area contributed by atoms with Gasteiger partial charge in [-0.05, 0) is 18.8 Å². The van der Waals surface area contributed by atoms with Crippen molar-refractivity contribution < 1.29 is 17.9 Å². The number of nitrogens with one attached hydrogen (secondary N) is 1. The number of carbonyl (C=O) groups is 1. The van der Waals surface area contributed by atoms with Crippen LogP contribution >= 0.6 is 0 Å². The zero-order valence-electron chi connectivity index (χ0n) is 11.5. The van der Waals surface area contributed by atoms with Crippen LogP contribution in [0.3, 0.4) is 0 Å². The molecule has 0 saturated heterocycles. The molecular weight excluding hydrogens is 254 g/mol. The Hall–Kier alpha value is -0.620. The van der Waals surface area contributed by atoms with Crippen LogP contribution < -0.4 is 5.32 Å². The second-order valence-electron chi connectivity index (χ2n) is 5.32. The van der Waals surface area contributed by atoms with Gasteiger partial charge in [0, 0.05) is 12.3 Å². The Morgan fingerprint density at radius 3 is 2.39 bits per heavy atom. The van der Waals surface area contributed by atoms with Gasteiger partial charge in [0.2, 0.25) is 0 Å². The second-order valence-corrected chi connectivity index (χ2v) is 7.58. The Balaban J connectivity index is 2.78. The van der Waals surface area contributed by atoms with Gasteiger partial charge in [0.25, 0.3) is 0 Å². The van der Waals surface area contributed by atoms with Gasteiger partial charge in [-0.1, -0.05) is 20.3 Å². The molecule has 0 amide bonds. The Morgan fingerprint density at radius 1 is 1.33 bits per heavy atom. The molecule has 1 N–H and O–H groups in total. The Labute approximate surface area is 109 Å². The van der Waals surface area contributed by atoms with Gasteiger partial charge < -0.3 is 10.1 Å². The molecule has 0 aliphatic heterocycles. The van der Waals surface area contributed by atoms with Gasteiger partial charge in [-0.3, -0.25) is 4.79 Å². The third-order valence-electron chi connectivity index (χ3n) is 3.52. The highest BCUT2D eigenvalue weighted by molar-refractivity contribution is 7.91. The van der Waals surface area contributed by atoms with Crippen LogP contribution in [0.15, 0.2) is 0 Å². The molecule has 1 aliphatic carbocycles. The molecule has 0 bridgehead atoms. The summed E-state index contributed by atoms with van der Waals surface area (Å²) >= 11 is 0. The maximum atomic E-state index is 11.7. The molecule has 3 unspecified atom stereocenters. The molecule has 1 saturated carbocycles. The molecule has 106 valence electrons. The second kappa shape index (κ2) is 6.02. The van der Waals surface area contributed by atoms with Crippen LogP contribution in [0.25, 0.3) is 0 Å². The van der Waals surface area contributed by atoms with E-state index in [1.807, 2.05) is 13.8 Å². The summed E-state index contributed by atoms with van der Waals surface area (Å²) in [5, 5.41) is 2.78. The average molecular weight is 277 g/mol.